The van der Waals surface area contributed by atoms with Gasteiger partial charge in [-0.2, -0.15) is 0 Å². The quantitative estimate of drug-likeness (QED) is 0.726. The number of pyridine rings is 1. The lowest BCUT2D eigenvalue weighted by Gasteiger charge is -2.07. The second kappa shape index (κ2) is 6.03. The molecule has 0 aliphatic heterocycles. The van der Waals surface area contributed by atoms with E-state index in [2.05, 4.69) is 27.8 Å². The number of carbonyl (C=O) groups is 1. The Morgan fingerprint density at radius 3 is 2.64 bits per heavy atom. The van der Waals surface area contributed by atoms with Crippen LogP contribution in [0.5, 0.6) is 0 Å². The molecular formula is C15H14ClN5O. The summed E-state index contributed by atoms with van der Waals surface area (Å²) in [7, 11) is 0. The van der Waals surface area contributed by atoms with E-state index in [9.17, 15) is 4.79 Å². The predicted molar refractivity (Wildman–Crippen MR) is 86.5 cm³/mol. The molecule has 0 bridgehead atoms. The summed E-state index contributed by atoms with van der Waals surface area (Å²) in [5, 5.41) is 13.7. The molecule has 0 unspecified atom stereocenters. The van der Waals surface area contributed by atoms with Gasteiger partial charge in [0, 0.05) is 5.69 Å². The number of amides is 2. The molecule has 2 N–H and O–H groups in total. The largest absolute Gasteiger partial charge is 0.326 e. The van der Waals surface area contributed by atoms with Gasteiger partial charge in [0.15, 0.2) is 5.65 Å². The maximum Gasteiger partial charge on any atom is 0.326 e. The van der Waals surface area contributed by atoms with Crippen molar-refractivity contribution in [2.75, 3.05) is 10.6 Å². The molecule has 3 aromatic rings. The molecule has 0 saturated heterocycles. The highest BCUT2D eigenvalue weighted by molar-refractivity contribution is 6.30. The van der Waals surface area contributed by atoms with Crippen molar-refractivity contribution in [3.8, 4) is 0 Å². The van der Waals surface area contributed by atoms with Gasteiger partial charge >= 0.3 is 6.03 Å². The van der Waals surface area contributed by atoms with E-state index in [0.717, 1.165) is 6.42 Å². The van der Waals surface area contributed by atoms with E-state index in [1.54, 1.807) is 22.6 Å². The number of rotatable bonds is 3. The zero-order valence-electron chi connectivity index (χ0n) is 11.9. The number of hydrogen-bond acceptors (Lipinski definition) is 3. The minimum absolute atomic E-state index is 0.267. The van der Waals surface area contributed by atoms with Gasteiger partial charge in [-0.1, -0.05) is 36.7 Å². The Hall–Kier alpha value is -2.60. The van der Waals surface area contributed by atoms with E-state index in [1.807, 2.05) is 24.3 Å². The van der Waals surface area contributed by atoms with Gasteiger partial charge in [-0.15, -0.1) is 10.2 Å². The minimum atomic E-state index is -0.404. The van der Waals surface area contributed by atoms with Crippen LogP contribution in [0.3, 0.4) is 0 Å². The molecule has 0 atom stereocenters. The number of urea groups is 1. The third kappa shape index (κ3) is 2.87. The molecule has 112 valence electrons. The summed E-state index contributed by atoms with van der Waals surface area (Å²) in [6.45, 7) is 2.08. The number of nitrogens with one attached hydrogen (secondary N) is 2. The van der Waals surface area contributed by atoms with Crippen LogP contribution in [0.1, 0.15) is 12.5 Å². The van der Waals surface area contributed by atoms with Gasteiger partial charge in [0.1, 0.15) is 5.15 Å². The first-order valence-corrected chi connectivity index (χ1v) is 7.22. The van der Waals surface area contributed by atoms with Gasteiger partial charge in [0.25, 0.3) is 0 Å². The third-order valence-corrected chi connectivity index (χ3v) is 3.52. The molecule has 0 radical (unpaired) electrons. The van der Waals surface area contributed by atoms with Crippen LogP contribution in [0.2, 0.25) is 5.15 Å². The number of fused-ring (bicyclic) bond motifs is 1. The van der Waals surface area contributed by atoms with E-state index in [0.29, 0.717) is 16.5 Å². The summed E-state index contributed by atoms with van der Waals surface area (Å²) in [6, 6.07) is 12.5. The molecule has 2 aromatic heterocycles. The summed E-state index contributed by atoms with van der Waals surface area (Å²) in [6.07, 6.45) is 0.955. The van der Waals surface area contributed by atoms with Crippen LogP contribution in [0.4, 0.5) is 16.4 Å². The molecule has 1 aromatic carbocycles. The zero-order chi connectivity index (χ0) is 15.5. The highest BCUT2D eigenvalue weighted by atomic mass is 35.5. The highest BCUT2D eigenvalue weighted by Crippen LogP contribution is 2.17. The van der Waals surface area contributed by atoms with E-state index in [4.69, 9.17) is 11.6 Å². The number of nitrogens with zero attached hydrogens (tertiary/aromatic N) is 3. The maximum atomic E-state index is 12.0. The molecule has 0 fully saturated rings. The molecule has 7 heteroatoms. The van der Waals surface area contributed by atoms with Crippen molar-refractivity contribution >= 4 is 34.9 Å². The molecule has 0 aliphatic rings. The fourth-order valence-electron chi connectivity index (χ4n) is 2.07. The van der Waals surface area contributed by atoms with Crippen molar-refractivity contribution < 1.29 is 4.79 Å². The lowest BCUT2D eigenvalue weighted by atomic mass is 10.1. The molecule has 2 amide bonds. The van der Waals surface area contributed by atoms with Gasteiger partial charge in [0.05, 0.1) is 0 Å². The van der Waals surface area contributed by atoms with Crippen LogP contribution in [-0.2, 0) is 6.42 Å². The van der Waals surface area contributed by atoms with E-state index in [1.165, 1.54) is 5.56 Å². The van der Waals surface area contributed by atoms with Crippen molar-refractivity contribution in [2.24, 2.45) is 0 Å². The Morgan fingerprint density at radius 2 is 1.91 bits per heavy atom. The van der Waals surface area contributed by atoms with Crippen LogP contribution in [0, 0.1) is 0 Å². The monoisotopic (exact) mass is 315 g/mol. The lowest BCUT2D eigenvalue weighted by Crippen LogP contribution is -2.21. The van der Waals surface area contributed by atoms with Crippen LogP contribution >= 0.6 is 11.6 Å². The molecule has 0 aliphatic carbocycles. The minimum Gasteiger partial charge on any atom is -0.308 e. The number of aromatic nitrogens is 3. The highest BCUT2D eigenvalue weighted by Gasteiger charge is 2.11. The summed E-state index contributed by atoms with van der Waals surface area (Å²) >= 11 is 6.09. The fourth-order valence-corrected chi connectivity index (χ4v) is 2.31. The first-order chi connectivity index (χ1) is 10.7. The average Bonchev–Trinajstić information content (AvgIpc) is 2.92. The Kier molecular flexibility index (Phi) is 3.93. The SMILES string of the molecule is CCc1ccc(NC(=O)Nc2nnc3cccc(Cl)n23)cc1. The smallest absolute Gasteiger partial charge is 0.308 e. The van der Waals surface area contributed by atoms with Crippen molar-refractivity contribution in [2.45, 2.75) is 13.3 Å². The number of carbonyl (C=O) groups excluding carboxylic acids is 1. The van der Waals surface area contributed by atoms with Gasteiger partial charge in [0.2, 0.25) is 5.95 Å². The molecule has 22 heavy (non-hydrogen) atoms. The predicted octanol–water partition coefficient (Wildman–Crippen LogP) is 3.59. The molecule has 0 spiro atoms. The number of anilines is 2. The summed E-state index contributed by atoms with van der Waals surface area (Å²) in [5.74, 6) is 0.267. The fraction of sp³-hybridized carbons (Fsp3) is 0.133. The Morgan fingerprint density at radius 1 is 1.14 bits per heavy atom. The number of aryl methyl sites for hydroxylation is 1. The van der Waals surface area contributed by atoms with Crippen molar-refractivity contribution in [3.05, 3.63) is 53.2 Å². The second-order valence-electron chi connectivity index (χ2n) is 4.70. The average molecular weight is 316 g/mol. The van der Waals surface area contributed by atoms with Crippen molar-refractivity contribution in [1.82, 2.24) is 14.6 Å². The molecule has 3 rings (SSSR count). The van der Waals surface area contributed by atoms with Crippen LogP contribution in [0.15, 0.2) is 42.5 Å². The van der Waals surface area contributed by atoms with E-state index < -0.39 is 6.03 Å². The lowest BCUT2D eigenvalue weighted by molar-refractivity contribution is 0.262. The van der Waals surface area contributed by atoms with E-state index in [-0.39, 0.29) is 5.95 Å². The summed E-state index contributed by atoms with van der Waals surface area (Å²) in [4.78, 5) is 12.0. The maximum absolute atomic E-state index is 12.0. The first kappa shape index (κ1) is 14.3. The summed E-state index contributed by atoms with van der Waals surface area (Å²) in [5.41, 5.74) is 2.48. The Balaban J connectivity index is 1.75. The van der Waals surface area contributed by atoms with Crippen molar-refractivity contribution in [3.63, 3.8) is 0 Å². The van der Waals surface area contributed by atoms with Gasteiger partial charge in [-0.05, 0) is 36.2 Å². The van der Waals surface area contributed by atoms with Gasteiger partial charge in [-0.25, -0.2) is 4.79 Å². The number of benzene rings is 1. The van der Waals surface area contributed by atoms with Crippen LogP contribution in [-0.4, -0.2) is 20.6 Å². The molecule has 6 nitrogen and oxygen atoms in total. The second-order valence-corrected chi connectivity index (χ2v) is 5.08. The number of hydrogen-bond donors (Lipinski definition) is 2. The van der Waals surface area contributed by atoms with Crippen LogP contribution in [0.25, 0.3) is 5.65 Å². The van der Waals surface area contributed by atoms with E-state index >= 15 is 0 Å². The van der Waals surface area contributed by atoms with Crippen LogP contribution < -0.4 is 10.6 Å². The molecule has 0 saturated carbocycles. The first-order valence-electron chi connectivity index (χ1n) is 6.84. The normalized spacial score (nSPS) is 10.6. The standard InChI is InChI=1S/C15H14ClN5O/c1-2-10-6-8-11(9-7-10)17-15(22)18-14-20-19-13-5-3-4-12(16)21(13)14/h3-9H,2H2,1H3,(H2,17,18,20,22). The van der Waals surface area contributed by atoms with Crippen molar-refractivity contribution in [1.29, 1.82) is 0 Å². The van der Waals surface area contributed by atoms with Gasteiger partial charge in [-0.3, -0.25) is 9.72 Å². The zero-order valence-corrected chi connectivity index (χ0v) is 12.6. The topological polar surface area (TPSA) is 71.3 Å². The summed E-state index contributed by atoms with van der Waals surface area (Å²) < 4.78 is 1.56. The number of halogens is 1. The Bertz CT molecular complexity index is 812. The Labute approximate surface area is 132 Å². The third-order valence-electron chi connectivity index (χ3n) is 3.23. The molecule has 2 heterocycles. The molecular weight excluding hydrogens is 302 g/mol. The van der Waals surface area contributed by atoms with Gasteiger partial charge < -0.3 is 5.32 Å².